The monoisotopic (exact) mass is 615 g/mol. The highest BCUT2D eigenvalue weighted by Gasteiger charge is 2.35. The molecule has 0 aromatic carbocycles. The third kappa shape index (κ3) is 16.4. The summed E-state index contributed by atoms with van der Waals surface area (Å²) < 4.78 is 5.73. The molecular weight excluding hydrogens is 554 g/mol. The summed E-state index contributed by atoms with van der Waals surface area (Å²) in [5, 5.41) is 35.1. The topological polar surface area (TPSA) is 188 Å². The molecule has 11 nitrogen and oxygen atoms in total. The summed E-state index contributed by atoms with van der Waals surface area (Å²) in [6.45, 7) is 11.5. The minimum Gasteiger partial charge on any atom is -0.481 e. The molecule has 43 heavy (non-hydrogen) atoms. The third-order valence-electron chi connectivity index (χ3n) is 8.18. The lowest BCUT2D eigenvalue weighted by molar-refractivity contribution is -0.160. The molecule has 0 saturated carbocycles. The lowest BCUT2D eigenvalue weighted by Crippen LogP contribution is -2.58. The van der Waals surface area contributed by atoms with Crippen LogP contribution in [-0.2, 0) is 23.9 Å². The van der Waals surface area contributed by atoms with Crippen LogP contribution in [0.25, 0.3) is 0 Å². The highest BCUT2D eigenvalue weighted by Crippen LogP contribution is 2.24. The standard InChI is InChI=1S/C32H61N3O8/c1-8-9-10-11-12-13-14-15-16-17-18-19-25(21(4)28(37)22(5)31(40)41)43-32(42)23(6)34-30(39)27(24(7)36)35-29(38)26(33)20(2)3/h20-28,36-37H,8-19,33H2,1-7H3,(H,34,39)(H,35,38)(H,40,41)/t21-,22+,23-,24+,25+,26-,27-,28+/m0/s1. The van der Waals surface area contributed by atoms with Gasteiger partial charge in [0.2, 0.25) is 11.8 Å². The number of hydrogen-bond donors (Lipinski definition) is 6. The number of aliphatic hydroxyl groups is 2. The Morgan fingerprint density at radius 3 is 1.67 bits per heavy atom. The van der Waals surface area contributed by atoms with Crippen LogP contribution in [0.3, 0.4) is 0 Å². The minimum absolute atomic E-state index is 0.190. The lowest BCUT2D eigenvalue weighted by atomic mass is 9.87. The van der Waals surface area contributed by atoms with E-state index in [1.807, 2.05) is 0 Å². The number of nitrogens with two attached hydrogens (primary N) is 1. The van der Waals surface area contributed by atoms with E-state index in [-0.39, 0.29) is 5.92 Å². The summed E-state index contributed by atoms with van der Waals surface area (Å²) in [6.07, 6.45) is 9.79. The quantitative estimate of drug-likeness (QED) is 0.0695. The van der Waals surface area contributed by atoms with E-state index in [0.29, 0.717) is 6.42 Å². The maximum absolute atomic E-state index is 13.0. The first-order valence-electron chi connectivity index (χ1n) is 16.3. The molecule has 0 aliphatic rings. The van der Waals surface area contributed by atoms with Gasteiger partial charge in [-0.3, -0.25) is 14.4 Å². The van der Waals surface area contributed by atoms with Crippen LogP contribution in [0, 0.1) is 17.8 Å². The van der Waals surface area contributed by atoms with Gasteiger partial charge in [0.15, 0.2) is 0 Å². The molecule has 7 N–H and O–H groups in total. The zero-order chi connectivity index (χ0) is 33.1. The van der Waals surface area contributed by atoms with Crippen LogP contribution in [-0.4, -0.2) is 75.5 Å². The molecule has 0 spiro atoms. The van der Waals surface area contributed by atoms with Crippen LogP contribution in [0.5, 0.6) is 0 Å². The largest absolute Gasteiger partial charge is 0.481 e. The Morgan fingerprint density at radius 2 is 1.23 bits per heavy atom. The predicted octanol–water partition coefficient (Wildman–Crippen LogP) is 3.67. The van der Waals surface area contributed by atoms with E-state index in [2.05, 4.69) is 17.6 Å². The van der Waals surface area contributed by atoms with Gasteiger partial charge in [-0.2, -0.15) is 0 Å². The second-order valence-corrected chi connectivity index (χ2v) is 12.5. The fraction of sp³-hybridized carbons (Fsp3) is 0.875. The smallest absolute Gasteiger partial charge is 0.328 e. The van der Waals surface area contributed by atoms with E-state index < -0.39 is 72.0 Å². The van der Waals surface area contributed by atoms with Crippen molar-refractivity contribution in [2.75, 3.05) is 0 Å². The molecule has 0 aromatic rings. The van der Waals surface area contributed by atoms with E-state index in [4.69, 9.17) is 10.5 Å². The number of esters is 1. The number of carboxylic acid groups (broad SMARTS) is 1. The van der Waals surface area contributed by atoms with Gasteiger partial charge in [-0.1, -0.05) is 91.9 Å². The number of hydrogen-bond acceptors (Lipinski definition) is 8. The molecule has 0 aliphatic heterocycles. The zero-order valence-corrected chi connectivity index (χ0v) is 27.6. The summed E-state index contributed by atoms with van der Waals surface area (Å²) in [7, 11) is 0. The summed E-state index contributed by atoms with van der Waals surface area (Å²) in [5.74, 6) is -5.21. The zero-order valence-electron chi connectivity index (χ0n) is 27.6. The van der Waals surface area contributed by atoms with E-state index in [9.17, 15) is 34.5 Å². The molecule has 252 valence electrons. The normalized spacial score (nSPS) is 17.2. The van der Waals surface area contributed by atoms with Crippen LogP contribution in [0.2, 0.25) is 0 Å². The summed E-state index contributed by atoms with van der Waals surface area (Å²) in [6, 6.07) is -3.35. The molecule has 0 aromatic heterocycles. The number of amides is 2. The van der Waals surface area contributed by atoms with Crippen molar-refractivity contribution in [3.63, 3.8) is 0 Å². The molecule has 0 bridgehead atoms. The van der Waals surface area contributed by atoms with Crippen molar-refractivity contribution in [3.8, 4) is 0 Å². The van der Waals surface area contributed by atoms with E-state index in [1.165, 1.54) is 65.7 Å². The molecule has 0 fully saturated rings. The Bertz CT molecular complexity index is 822. The second-order valence-electron chi connectivity index (χ2n) is 12.5. The van der Waals surface area contributed by atoms with Gasteiger partial charge in [-0.25, -0.2) is 4.79 Å². The SMILES string of the molecule is CCCCCCCCCCCCC[C@@H](OC(=O)[C@H](C)NC(=O)[C@@H](NC(=O)[C@@H](N)C(C)C)[C@@H](C)O)[C@H](C)[C@@H](O)[C@@H](C)C(=O)O. The van der Waals surface area contributed by atoms with Gasteiger partial charge >= 0.3 is 11.9 Å². The Kier molecular flexibility index (Phi) is 21.1. The summed E-state index contributed by atoms with van der Waals surface area (Å²) in [5.41, 5.74) is 5.85. The average Bonchev–Trinajstić information content (AvgIpc) is 2.95. The molecule has 0 rings (SSSR count). The van der Waals surface area contributed by atoms with Crippen LogP contribution in [0.4, 0.5) is 0 Å². The third-order valence-corrected chi connectivity index (χ3v) is 8.18. The summed E-state index contributed by atoms with van der Waals surface area (Å²) >= 11 is 0. The number of carboxylic acids is 1. The molecule has 11 heteroatoms. The maximum Gasteiger partial charge on any atom is 0.328 e. The highest BCUT2D eigenvalue weighted by molar-refractivity contribution is 5.92. The fourth-order valence-corrected chi connectivity index (χ4v) is 4.83. The van der Waals surface area contributed by atoms with Crippen molar-refractivity contribution in [1.82, 2.24) is 10.6 Å². The van der Waals surface area contributed by atoms with Gasteiger partial charge in [0.1, 0.15) is 18.2 Å². The van der Waals surface area contributed by atoms with Crippen LogP contribution >= 0.6 is 0 Å². The van der Waals surface area contributed by atoms with Crippen molar-refractivity contribution in [2.45, 2.75) is 162 Å². The van der Waals surface area contributed by atoms with Crippen molar-refractivity contribution in [2.24, 2.45) is 23.5 Å². The Labute approximate surface area is 259 Å². The van der Waals surface area contributed by atoms with E-state index in [1.54, 1.807) is 20.8 Å². The first-order chi connectivity index (χ1) is 20.1. The van der Waals surface area contributed by atoms with Gasteiger partial charge in [0, 0.05) is 5.92 Å². The number of nitrogens with one attached hydrogen (secondary N) is 2. The highest BCUT2D eigenvalue weighted by atomic mass is 16.5. The Morgan fingerprint density at radius 1 is 0.744 bits per heavy atom. The number of carbonyl (C=O) groups excluding carboxylic acids is 3. The van der Waals surface area contributed by atoms with Gasteiger partial charge < -0.3 is 36.4 Å². The van der Waals surface area contributed by atoms with Crippen molar-refractivity contribution < 1.29 is 39.2 Å². The number of carbonyl (C=O) groups is 4. The summed E-state index contributed by atoms with van der Waals surface area (Å²) in [4.78, 5) is 49.7. The first-order valence-corrected chi connectivity index (χ1v) is 16.3. The molecule has 0 radical (unpaired) electrons. The second kappa shape index (κ2) is 22.3. The number of ether oxygens (including phenoxy) is 1. The van der Waals surface area contributed by atoms with Gasteiger partial charge in [-0.05, 0) is 39.5 Å². The van der Waals surface area contributed by atoms with Crippen LogP contribution in [0.15, 0.2) is 0 Å². The van der Waals surface area contributed by atoms with Gasteiger partial charge in [0.05, 0.1) is 24.2 Å². The maximum atomic E-state index is 13.0. The van der Waals surface area contributed by atoms with Crippen LogP contribution in [0.1, 0.15) is 126 Å². The number of rotatable bonds is 24. The number of aliphatic carboxylic acids is 1. The molecule has 0 aliphatic carbocycles. The first kappa shape index (κ1) is 40.8. The molecule has 2 amide bonds. The Hall–Kier alpha value is -2.24. The molecule has 0 saturated heterocycles. The van der Waals surface area contributed by atoms with Crippen molar-refractivity contribution in [3.05, 3.63) is 0 Å². The van der Waals surface area contributed by atoms with E-state index >= 15 is 0 Å². The average molecular weight is 616 g/mol. The molecular formula is C32H61N3O8. The Balaban J connectivity index is 5.16. The van der Waals surface area contributed by atoms with Crippen LogP contribution < -0.4 is 16.4 Å². The van der Waals surface area contributed by atoms with Gasteiger partial charge in [-0.15, -0.1) is 0 Å². The number of aliphatic hydroxyl groups excluding tert-OH is 2. The lowest BCUT2D eigenvalue weighted by Gasteiger charge is -2.31. The minimum atomic E-state index is -1.34. The van der Waals surface area contributed by atoms with Crippen molar-refractivity contribution in [1.29, 1.82) is 0 Å². The molecule has 8 atom stereocenters. The number of unbranched alkanes of at least 4 members (excludes halogenated alkanes) is 10. The van der Waals surface area contributed by atoms with E-state index in [0.717, 1.165) is 25.7 Å². The van der Waals surface area contributed by atoms with Gasteiger partial charge in [0.25, 0.3) is 0 Å². The predicted molar refractivity (Wildman–Crippen MR) is 167 cm³/mol. The molecule has 0 heterocycles. The molecule has 0 unspecified atom stereocenters. The fourth-order valence-electron chi connectivity index (χ4n) is 4.83. The van der Waals surface area contributed by atoms with Crippen molar-refractivity contribution >= 4 is 23.8 Å².